The smallest absolute Gasteiger partial charge is 0.226 e. The molecule has 2 rings (SSSR count). The van der Waals surface area contributed by atoms with Crippen molar-refractivity contribution in [3.63, 3.8) is 0 Å². The summed E-state index contributed by atoms with van der Waals surface area (Å²) in [6, 6.07) is 5.53. The number of halogens is 1. The lowest BCUT2D eigenvalue weighted by atomic mass is 9.96. The Kier molecular flexibility index (Phi) is 8.89. The van der Waals surface area contributed by atoms with E-state index in [1.54, 1.807) is 19.1 Å². The van der Waals surface area contributed by atoms with Crippen molar-refractivity contribution in [1.82, 2.24) is 10.2 Å². The summed E-state index contributed by atoms with van der Waals surface area (Å²) >= 11 is 0. The first-order valence-electron chi connectivity index (χ1n) is 8.01. The maximum atomic E-state index is 12.8. The number of carbonyl (C=O) groups is 1. The van der Waals surface area contributed by atoms with Gasteiger partial charge in [0.1, 0.15) is 11.5 Å². The molecule has 1 aromatic rings. The molecule has 1 fully saturated rings. The van der Waals surface area contributed by atoms with Gasteiger partial charge in [-0.3, -0.25) is 4.79 Å². The first kappa shape index (κ1) is 20.5. The van der Waals surface area contributed by atoms with Gasteiger partial charge in [-0.25, -0.2) is 0 Å². The molecule has 1 aliphatic rings. The summed E-state index contributed by atoms with van der Waals surface area (Å²) < 4.78 is 10.6. The van der Waals surface area contributed by atoms with Gasteiger partial charge in [-0.1, -0.05) is 0 Å². The predicted octanol–water partition coefficient (Wildman–Crippen LogP) is 1.45. The van der Waals surface area contributed by atoms with Gasteiger partial charge in [0.2, 0.25) is 5.91 Å². The number of piperidine rings is 1. The number of aliphatic hydroxyl groups excluding tert-OH is 1. The van der Waals surface area contributed by atoms with Crippen LogP contribution in [0.25, 0.3) is 0 Å². The predicted molar refractivity (Wildman–Crippen MR) is 94.9 cm³/mol. The van der Waals surface area contributed by atoms with Gasteiger partial charge in [0.25, 0.3) is 0 Å². The van der Waals surface area contributed by atoms with E-state index in [0.717, 1.165) is 37.2 Å². The van der Waals surface area contributed by atoms with Crippen LogP contribution in [-0.2, 0) is 11.3 Å². The zero-order valence-corrected chi connectivity index (χ0v) is 15.1. The maximum absolute atomic E-state index is 12.8. The number of hydrogen-bond donors (Lipinski definition) is 2. The van der Waals surface area contributed by atoms with Crippen molar-refractivity contribution in [2.24, 2.45) is 5.92 Å². The summed E-state index contributed by atoms with van der Waals surface area (Å²) in [5.74, 6) is 1.57. The topological polar surface area (TPSA) is 71.0 Å². The van der Waals surface area contributed by atoms with Gasteiger partial charge in [0, 0.05) is 24.6 Å². The molecule has 1 aromatic carbocycles. The molecule has 6 nitrogen and oxygen atoms in total. The van der Waals surface area contributed by atoms with Crippen LogP contribution in [0.3, 0.4) is 0 Å². The van der Waals surface area contributed by atoms with Crippen LogP contribution in [0.4, 0.5) is 0 Å². The van der Waals surface area contributed by atoms with E-state index in [0.29, 0.717) is 18.8 Å². The minimum absolute atomic E-state index is 0. The highest BCUT2D eigenvalue weighted by Crippen LogP contribution is 2.26. The van der Waals surface area contributed by atoms with Crippen molar-refractivity contribution in [2.75, 3.05) is 40.5 Å². The molecule has 1 amide bonds. The quantitative estimate of drug-likeness (QED) is 0.772. The highest BCUT2D eigenvalue weighted by Gasteiger charge is 2.26. The molecule has 0 aromatic heterocycles. The van der Waals surface area contributed by atoms with Crippen molar-refractivity contribution in [3.05, 3.63) is 23.8 Å². The zero-order chi connectivity index (χ0) is 16.7. The second-order valence-corrected chi connectivity index (χ2v) is 5.69. The number of nitrogens with one attached hydrogen (secondary N) is 1. The Morgan fingerprint density at radius 1 is 1.29 bits per heavy atom. The molecule has 0 atom stereocenters. The lowest BCUT2D eigenvalue weighted by Gasteiger charge is -2.29. The average Bonchev–Trinajstić information content (AvgIpc) is 2.61. The third-order valence-electron chi connectivity index (χ3n) is 4.22. The molecule has 1 heterocycles. The first-order valence-corrected chi connectivity index (χ1v) is 8.01. The van der Waals surface area contributed by atoms with E-state index in [1.165, 1.54) is 0 Å². The molecule has 1 saturated heterocycles. The number of aliphatic hydroxyl groups is 1. The molecule has 0 saturated carbocycles. The summed E-state index contributed by atoms with van der Waals surface area (Å²) in [6.07, 6.45) is 1.69. The van der Waals surface area contributed by atoms with Crippen LogP contribution < -0.4 is 14.8 Å². The number of rotatable bonds is 7. The minimum atomic E-state index is -0.0526. The van der Waals surface area contributed by atoms with E-state index in [1.807, 2.05) is 18.2 Å². The normalized spacial score (nSPS) is 14.6. The Bertz CT molecular complexity index is 521. The van der Waals surface area contributed by atoms with Gasteiger partial charge in [-0.05, 0) is 44.1 Å². The third-order valence-corrected chi connectivity index (χ3v) is 4.22. The summed E-state index contributed by atoms with van der Waals surface area (Å²) in [5.41, 5.74) is 0.877. The van der Waals surface area contributed by atoms with Crippen LogP contribution in [0.1, 0.15) is 18.4 Å². The lowest BCUT2D eigenvalue weighted by Crippen LogP contribution is -2.41. The Morgan fingerprint density at radius 2 is 2.00 bits per heavy atom. The van der Waals surface area contributed by atoms with Crippen LogP contribution in [0, 0.1) is 5.92 Å². The second kappa shape index (κ2) is 10.4. The molecule has 24 heavy (non-hydrogen) atoms. The number of benzene rings is 1. The number of carbonyl (C=O) groups excluding carboxylic acids is 1. The molecular weight excluding hydrogens is 332 g/mol. The minimum Gasteiger partial charge on any atom is -0.497 e. The number of amides is 1. The van der Waals surface area contributed by atoms with E-state index >= 15 is 0 Å². The van der Waals surface area contributed by atoms with Crippen molar-refractivity contribution < 1.29 is 19.4 Å². The fourth-order valence-electron chi connectivity index (χ4n) is 2.93. The summed E-state index contributed by atoms with van der Waals surface area (Å²) in [7, 11) is 3.22. The molecule has 7 heteroatoms. The van der Waals surface area contributed by atoms with Crippen LogP contribution >= 0.6 is 12.4 Å². The maximum Gasteiger partial charge on any atom is 0.226 e. The number of ether oxygens (including phenoxy) is 2. The number of methoxy groups -OCH3 is 2. The average molecular weight is 359 g/mol. The Hall–Kier alpha value is -1.50. The van der Waals surface area contributed by atoms with Crippen LogP contribution in [0.15, 0.2) is 18.2 Å². The third kappa shape index (κ3) is 5.26. The Labute approximate surface area is 149 Å². The molecule has 0 spiro atoms. The van der Waals surface area contributed by atoms with Crippen LogP contribution in [-0.4, -0.2) is 56.4 Å². The van der Waals surface area contributed by atoms with Crippen molar-refractivity contribution in [3.8, 4) is 11.5 Å². The van der Waals surface area contributed by atoms with Gasteiger partial charge in [0.05, 0.1) is 20.8 Å². The highest BCUT2D eigenvalue weighted by atomic mass is 35.5. The van der Waals surface area contributed by atoms with Gasteiger partial charge >= 0.3 is 0 Å². The SMILES string of the molecule is COc1ccc(OC)c(CN(CCO)C(=O)C2CCNCC2)c1.Cl. The molecule has 0 unspecified atom stereocenters. The summed E-state index contributed by atoms with van der Waals surface area (Å²) in [5, 5.41) is 12.6. The van der Waals surface area contributed by atoms with E-state index in [2.05, 4.69) is 5.32 Å². The number of hydrogen-bond acceptors (Lipinski definition) is 5. The van der Waals surface area contributed by atoms with Crippen LogP contribution in [0.5, 0.6) is 11.5 Å². The van der Waals surface area contributed by atoms with Gasteiger partial charge < -0.3 is 24.8 Å². The highest BCUT2D eigenvalue weighted by molar-refractivity contribution is 5.85. The second-order valence-electron chi connectivity index (χ2n) is 5.69. The fourth-order valence-corrected chi connectivity index (χ4v) is 2.93. The number of nitrogens with zero attached hydrogens (tertiary/aromatic N) is 1. The standard InChI is InChI=1S/C17H26N2O4.ClH/c1-22-15-3-4-16(23-2)14(11-15)12-19(9-10-20)17(21)13-5-7-18-8-6-13;/h3-4,11,13,18,20H,5-10,12H2,1-2H3;1H. The largest absolute Gasteiger partial charge is 0.497 e. The molecule has 0 radical (unpaired) electrons. The Morgan fingerprint density at radius 3 is 2.58 bits per heavy atom. The van der Waals surface area contributed by atoms with Crippen molar-refractivity contribution in [1.29, 1.82) is 0 Å². The monoisotopic (exact) mass is 358 g/mol. The van der Waals surface area contributed by atoms with Crippen LogP contribution in [0.2, 0.25) is 0 Å². The lowest BCUT2D eigenvalue weighted by molar-refractivity contribution is -0.137. The fraction of sp³-hybridized carbons (Fsp3) is 0.588. The van der Waals surface area contributed by atoms with E-state index < -0.39 is 0 Å². The molecule has 2 N–H and O–H groups in total. The Balaban J connectivity index is 0.00000288. The molecule has 1 aliphatic heterocycles. The van der Waals surface area contributed by atoms with Gasteiger partial charge in [-0.15, -0.1) is 12.4 Å². The van der Waals surface area contributed by atoms with E-state index in [-0.39, 0.29) is 30.8 Å². The molecule has 0 aliphatic carbocycles. The molecule has 136 valence electrons. The first-order chi connectivity index (χ1) is 11.2. The summed E-state index contributed by atoms with van der Waals surface area (Å²) in [6.45, 7) is 2.41. The molecular formula is C17H27ClN2O4. The van der Waals surface area contributed by atoms with Gasteiger partial charge in [-0.2, -0.15) is 0 Å². The van der Waals surface area contributed by atoms with Crippen molar-refractivity contribution >= 4 is 18.3 Å². The van der Waals surface area contributed by atoms with E-state index in [4.69, 9.17) is 9.47 Å². The van der Waals surface area contributed by atoms with E-state index in [9.17, 15) is 9.90 Å². The van der Waals surface area contributed by atoms with Gasteiger partial charge in [0.15, 0.2) is 0 Å². The zero-order valence-electron chi connectivity index (χ0n) is 14.3. The van der Waals surface area contributed by atoms with Crippen molar-refractivity contribution in [2.45, 2.75) is 19.4 Å². The summed E-state index contributed by atoms with van der Waals surface area (Å²) in [4.78, 5) is 14.5. The molecule has 0 bridgehead atoms.